The maximum absolute atomic E-state index is 12.3. The molecular weight excluding hydrogens is 276 g/mol. The first kappa shape index (κ1) is 13.6. The van der Waals surface area contributed by atoms with Crippen molar-refractivity contribution in [2.75, 3.05) is 5.32 Å². The molecule has 1 aliphatic carbocycles. The number of amides is 1. The number of aryl methyl sites for hydroxylation is 1. The highest BCUT2D eigenvalue weighted by atomic mass is 32.2. The monoisotopic (exact) mass is 294 g/mol. The van der Waals surface area contributed by atoms with Crippen molar-refractivity contribution < 1.29 is 13.2 Å². The van der Waals surface area contributed by atoms with Gasteiger partial charge >= 0.3 is 0 Å². The highest BCUT2D eigenvalue weighted by molar-refractivity contribution is 7.89. The average molecular weight is 294 g/mol. The summed E-state index contributed by atoms with van der Waals surface area (Å²) in [7, 11) is -3.45. The second-order valence-electron chi connectivity index (χ2n) is 5.47. The summed E-state index contributed by atoms with van der Waals surface area (Å²) in [5.41, 5.74) is 1.61. The number of fused-ring (bicyclic) bond motifs is 1. The molecule has 1 saturated carbocycles. The van der Waals surface area contributed by atoms with Gasteiger partial charge in [0.05, 0.1) is 4.90 Å². The zero-order chi connectivity index (χ0) is 14.2. The normalized spacial score (nSPS) is 19.7. The van der Waals surface area contributed by atoms with Gasteiger partial charge in [-0.25, -0.2) is 13.1 Å². The van der Waals surface area contributed by atoms with Gasteiger partial charge in [0.25, 0.3) is 0 Å². The van der Waals surface area contributed by atoms with E-state index in [1.165, 1.54) is 0 Å². The number of rotatable bonds is 3. The molecule has 3 rings (SSSR count). The predicted octanol–water partition coefficient (Wildman–Crippen LogP) is 1.79. The molecule has 108 valence electrons. The van der Waals surface area contributed by atoms with E-state index in [1.54, 1.807) is 18.2 Å². The molecule has 1 heterocycles. The van der Waals surface area contributed by atoms with Gasteiger partial charge in [-0.3, -0.25) is 4.79 Å². The van der Waals surface area contributed by atoms with Gasteiger partial charge in [0.1, 0.15) is 0 Å². The van der Waals surface area contributed by atoms with Crippen LogP contribution in [0.5, 0.6) is 0 Å². The van der Waals surface area contributed by atoms with Crippen LogP contribution in [0.2, 0.25) is 0 Å². The Kier molecular flexibility index (Phi) is 3.52. The Labute approximate surface area is 118 Å². The van der Waals surface area contributed by atoms with Crippen LogP contribution in [0.1, 0.15) is 37.7 Å². The van der Waals surface area contributed by atoms with Gasteiger partial charge in [-0.2, -0.15) is 0 Å². The standard InChI is InChI=1S/C14H18N2O3S/c17-14-8-5-10-9-12(6-7-13(10)15-14)20(18,19)16-11-3-1-2-4-11/h6-7,9,11,16H,1-5,8H2,(H,15,17). The fourth-order valence-corrected chi connectivity index (χ4v) is 4.21. The van der Waals surface area contributed by atoms with Crippen LogP contribution < -0.4 is 10.0 Å². The van der Waals surface area contributed by atoms with E-state index < -0.39 is 10.0 Å². The molecule has 0 spiro atoms. The van der Waals surface area contributed by atoms with E-state index in [0.717, 1.165) is 36.9 Å². The van der Waals surface area contributed by atoms with Crippen LogP contribution in [-0.2, 0) is 21.2 Å². The first-order valence-corrected chi connectivity index (χ1v) is 8.48. The van der Waals surface area contributed by atoms with Gasteiger partial charge in [0.2, 0.25) is 15.9 Å². The molecule has 0 unspecified atom stereocenters. The maximum atomic E-state index is 12.3. The fraction of sp³-hybridized carbons (Fsp3) is 0.500. The van der Waals surface area contributed by atoms with Gasteiger partial charge in [0.15, 0.2) is 0 Å². The Balaban J connectivity index is 1.84. The van der Waals surface area contributed by atoms with Crippen molar-refractivity contribution in [3.05, 3.63) is 23.8 Å². The van der Waals surface area contributed by atoms with E-state index in [4.69, 9.17) is 0 Å². The molecule has 0 radical (unpaired) electrons. The molecule has 1 amide bonds. The summed E-state index contributed by atoms with van der Waals surface area (Å²) in [4.78, 5) is 11.6. The van der Waals surface area contributed by atoms with Crippen LogP contribution in [-0.4, -0.2) is 20.4 Å². The fourth-order valence-electron chi connectivity index (χ4n) is 2.86. The van der Waals surface area contributed by atoms with Gasteiger partial charge in [-0.1, -0.05) is 12.8 Å². The average Bonchev–Trinajstić information content (AvgIpc) is 2.90. The van der Waals surface area contributed by atoms with Crippen LogP contribution in [0, 0.1) is 0 Å². The molecular formula is C14H18N2O3S. The third-order valence-corrected chi connectivity index (χ3v) is 5.48. The number of nitrogens with one attached hydrogen (secondary N) is 2. The van der Waals surface area contributed by atoms with Crippen LogP contribution in [0.4, 0.5) is 5.69 Å². The van der Waals surface area contributed by atoms with E-state index >= 15 is 0 Å². The van der Waals surface area contributed by atoms with Crippen LogP contribution in [0.15, 0.2) is 23.1 Å². The summed E-state index contributed by atoms with van der Waals surface area (Å²) in [5.74, 6) is -0.0165. The first-order chi connectivity index (χ1) is 9.54. The molecule has 20 heavy (non-hydrogen) atoms. The number of benzene rings is 1. The van der Waals surface area contributed by atoms with Gasteiger partial charge in [-0.15, -0.1) is 0 Å². The summed E-state index contributed by atoms with van der Waals surface area (Å²) in [6.07, 6.45) is 5.01. The Morgan fingerprint density at radius 1 is 1.15 bits per heavy atom. The minimum atomic E-state index is -3.45. The van der Waals surface area contributed by atoms with Gasteiger partial charge in [-0.05, 0) is 43.0 Å². The number of hydrogen-bond acceptors (Lipinski definition) is 3. The molecule has 2 N–H and O–H groups in total. The van der Waals surface area contributed by atoms with Gasteiger partial charge < -0.3 is 5.32 Å². The van der Waals surface area contributed by atoms with Crippen molar-refractivity contribution in [1.29, 1.82) is 0 Å². The number of carbonyl (C=O) groups excluding carboxylic acids is 1. The SMILES string of the molecule is O=C1CCc2cc(S(=O)(=O)NC3CCCC3)ccc2N1. The molecule has 5 nitrogen and oxygen atoms in total. The number of sulfonamides is 1. The highest BCUT2D eigenvalue weighted by Crippen LogP contribution is 2.26. The predicted molar refractivity (Wildman–Crippen MR) is 76.0 cm³/mol. The summed E-state index contributed by atoms with van der Waals surface area (Å²) >= 11 is 0. The van der Waals surface area contributed by atoms with Crippen molar-refractivity contribution in [3.8, 4) is 0 Å². The lowest BCUT2D eigenvalue weighted by molar-refractivity contribution is -0.116. The quantitative estimate of drug-likeness (QED) is 0.892. The lowest BCUT2D eigenvalue weighted by Gasteiger charge is -2.18. The molecule has 1 aliphatic heterocycles. The van der Waals surface area contributed by atoms with Crippen molar-refractivity contribution >= 4 is 21.6 Å². The molecule has 2 aliphatic rings. The zero-order valence-corrected chi connectivity index (χ0v) is 12.0. The third-order valence-electron chi connectivity index (χ3n) is 3.96. The van der Waals surface area contributed by atoms with E-state index in [0.29, 0.717) is 17.7 Å². The van der Waals surface area contributed by atoms with E-state index in [2.05, 4.69) is 10.0 Å². The lowest BCUT2D eigenvalue weighted by atomic mass is 10.0. The van der Waals surface area contributed by atoms with Crippen molar-refractivity contribution in [1.82, 2.24) is 4.72 Å². The van der Waals surface area contributed by atoms with E-state index in [9.17, 15) is 13.2 Å². The zero-order valence-electron chi connectivity index (χ0n) is 11.2. The van der Waals surface area contributed by atoms with Crippen molar-refractivity contribution in [2.45, 2.75) is 49.5 Å². The van der Waals surface area contributed by atoms with Gasteiger partial charge in [0, 0.05) is 18.2 Å². The maximum Gasteiger partial charge on any atom is 0.240 e. The molecule has 6 heteroatoms. The van der Waals surface area contributed by atoms with Crippen molar-refractivity contribution in [3.63, 3.8) is 0 Å². The largest absolute Gasteiger partial charge is 0.326 e. The summed E-state index contributed by atoms with van der Waals surface area (Å²) < 4.78 is 27.5. The number of carbonyl (C=O) groups is 1. The minimum absolute atomic E-state index is 0.0165. The first-order valence-electron chi connectivity index (χ1n) is 7.00. The molecule has 0 atom stereocenters. The number of hydrogen-bond donors (Lipinski definition) is 2. The van der Waals surface area contributed by atoms with E-state index in [-0.39, 0.29) is 11.9 Å². The number of anilines is 1. The molecule has 0 bridgehead atoms. The Hall–Kier alpha value is -1.40. The Morgan fingerprint density at radius 2 is 1.90 bits per heavy atom. The highest BCUT2D eigenvalue weighted by Gasteiger charge is 2.24. The second-order valence-corrected chi connectivity index (χ2v) is 7.18. The minimum Gasteiger partial charge on any atom is -0.326 e. The summed E-state index contributed by atoms with van der Waals surface area (Å²) in [6, 6.07) is 4.97. The Morgan fingerprint density at radius 3 is 2.65 bits per heavy atom. The van der Waals surface area contributed by atoms with Crippen molar-refractivity contribution in [2.24, 2.45) is 0 Å². The molecule has 0 aromatic heterocycles. The van der Waals surface area contributed by atoms with Crippen LogP contribution in [0.3, 0.4) is 0 Å². The lowest BCUT2D eigenvalue weighted by Crippen LogP contribution is -2.32. The molecule has 0 saturated heterocycles. The molecule has 1 aromatic rings. The summed E-state index contributed by atoms with van der Waals surface area (Å²) in [5, 5.41) is 2.76. The third kappa shape index (κ3) is 2.71. The van der Waals surface area contributed by atoms with Crippen LogP contribution >= 0.6 is 0 Å². The molecule has 1 fully saturated rings. The topological polar surface area (TPSA) is 75.3 Å². The molecule has 1 aromatic carbocycles. The Bertz CT molecular complexity index is 634. The summed E-state index contributed by atoms with van der Waals surface area (Å²) in [6.45, 7) is 0. The smallest absolute Gasteiger partial charge is 0.240 e. The van der Waals surface area contributed by atoms with Crippen LogP contribution in [0.25, 0.3) is 0 Å². The van der Waals surface area contributed by atoms with E-state index in [1.807, 2.05) is 0 Å². The second kappa shape index (κ2) is 5.18.